The van der Waals surface area contributed by atoms with Crippen molar-refractivity contribution in [1.82, 2.24) is 9.97 Å². The highest BCUT2D eigenvalue weighted by molar-refractivity contribution is 6.03. The van der Waals surface area contributed by atoms with Crippen LogP contribution in [-0.2, 0) is 0 Å². The summed E-state index contributed by atoms with van der Waals surface area (Å²) in [7, 11) is 1.60. The topological polar surface area (TPSA) is 67.3 Å². The predicted molar refractivity (Wildman–Crippen MR) is 98.3 cm³/mol. The number of amides is 1. The van der Waals surface area contributed by atoms with E-state index in [9.17, 15) is 4.79 Å². The zero-order valence-corrected chi connectivity index (χ0v) is 15.0. The molecule has 0 bridgehead atoms. The largest absolute Gasteiger partial charge is 0.497 e. The van der Waals surface area contributed by atoms with Gasteiger partial charge in [-0.3, -0.25) is 4.79 Å². The van der Waals surface area contributed by atoms with Gasteiger partial charge in [0, 0.05) is 30.9 Å². The molecule has 1 aliphatic rings. The van der Waals surface area contributed by atoms with Crippen molar-refractivity contribution in [3.05, 3.63) is 41.9 Å². The first-order chi connectivity index (χ1) is 12.0. The standard InChI is InChI=1S/C19H24N4O2/c1-13-6-5-9-23(12-13)18-11-17(20-14(2)21-18)19(24)22-15-7-4-8-16(10-15)25-3/h4,7-8,10-11,13H,5-6,9,12H2,1-3H3,(H,22,24). The van der Waals surface area contributed by atoms with Crippen molar-refractivity contribution in [1.29, 1.82) is 0 Å². The molecule has 2 heterocycles. The molecule has 1 N–H and O–H groups in total. The van der Waals surface area contributed by atoms with E-state index in [2.05, 4.69) is 27.1 Å². The van der Waals surface area contributed by atoms with Crippen LogP contribution in [0.1, 0.15) is 36.1 Å². The first-order valence-electron chi connectivity index (χ1n) is 8.61. The van der Waals surface area contributed by atoms with E-state index in [1.54, 1.807) is 19.2 Å². The summed E-state index contributed by atoms with van der Waals surface area (Å²) in [6.07, 6.45) is 2.39. The summed E-state index contributed by atoms with van der Waals surface area (Å²) in [5.74, 6) is 2.52. The lowest BCUT2D eigenvalue weighted by atomic mass is 10.0. The number of nitrogens with zero attached hydrogens (tertiary/aromatic N) is 3. The van der Waals surface area contributed by atoms with Crippen molar-refractivity contribution < 1.29 is 9.53 Å². The summed E-state index contributed by atoms with van der Waals surface area (Å²) in [5, 5.41) is 2.87. The van der Waals surface area contributed by atoms with Gasteiger partial charge in [-0.15, -0.1) is 0 Å². The van der Waals surface area contributed by atoms with E-state index >= 15 is 0 Å². The number of aromatic nitrogens is 2. The minimum absolute atomic E-state index is 0.245. The number of anilines is 2. The second kappa shape index (κ2) is 7.51. The molecule has 3 rings (SSSR count). The molecule has 132 valence electrons. The monoisotopic (exact) mass is 340 g/mol. The van der Waals surface area contributed by atoms with Gasteiger partial charge < -0.3 is 15.0 Å². The molecule has 6 heteroatoms. The van der Waals surface area contributed by atoms with Crippen molar-refractivity contribution in [3.63, 3.8) is 0 Å². The average molecular weight is 340 g/mol. The number of rotatable bonds is 4. The van der Waals surface area contributed by atoms with Crippen molar-refractivity contribution in [2.24, 2.45) is 5.92 Å². The van der Waals surface area contributed by atoms with Crippen LogP contribution in [0.2, 0.25) is 0 Å². The second-order valence-electron chi connectivity index (χ2n) is 6.54. The lowest BCUT2D eigenvalue weighted by Crippen LogP contribution is -2.35. The van der Waals surface area contributed by atoms with E-state index < -0.39 is 0 Å². The van der Waals surface area contributed by atoms with Gasteiger partial charge in [-0.2, -0.15) is 0 Å². The molecule has 1 amide bonds. The number of benzene rings is 1. The molecule has 2 aromatic rings. The third-order valence-corrected chi connectivity index (χ3v) is 4.37. The summed E-state index contributed by atoms with van der Waals surface area (Å²) in [5.41, 5.74) is 1.05. The molecule has 1 aliphatic heterocycles. The molecule has 1 fully saturated rings. The fourth-order valence-corrected chi connectivity index (χ4v) is 3.12. The number of nitrogens with one attached hydrogen (secondary N) is 1. The molecule has 1 saturated heterocycles. The Morgan fingerprint density at radius 1 is 1.32 bits per heavy atom. The fraction of sp³-hybridized carbons (Fsp3) is 0.421. The number of ether oxygens (including phenoxy) is 1. The number of aryl methyl sites for hydroxylation is 1. The maximum Gasteiger partial charge on any atom is 0.274 e. The highest BCUT2D eigenvalue weighted by Crippen LogP contribution is 2.22. The van der Waals surface area contributed by atoms with Gasteiger partial charge in [-0.1, -0.05) is 13.0 Å². The van der Waals surface area contributed by atoms with Crippen LogP contribution in [0.5, 0.6) is 5.75 Å². The van der Waals surface area contributed by atoms with Crippen LogP contribution in [0.3, 0.4) is 0 Å². The maximum absolute atomic E-state index is 12.6. The molecular formula is C19H24N4O2. The Morgan fingerprint density at radius 2 is 2.16 bits per heavy atom. The smallest absolute Gasteiger partial charge is 0.274 e. The van der Waals surface area contributed by atoms with E-state index in [1.807, 2.05) is 25.1 Å². The molecule has 1 aromatic heterocycles. The van der Waals surface area contributed by atoms with Crippen LogP contribution in [0.15, 0.2) is 30.3 Å². The Hall–Kier alpha value is -2.63. The lowest BCUT2D eigenvalue weighted by Gasteiger charge is -2.32. The highest BCUT2D eigenvalue weighted by Gasteiger charge is 2.20. The van der Waals surface area contributed by atoms with Gasteiger partial charge in [0.2, 0.25) is 0 Å². The summed E-state index contributed by atoms with van der Waals surface area (Å²) in [6, 6.07) is 9.04. The van der Waals surface area contributed by atoms with Crippen LogP contribution >= 0.6 is 0 Å². The van der Waals surface area contributed by atoms with Crippen LogP contribution in [-0.4, -0.2) is 36.1 Å². The minimum atomic E-state index is -0.245. The summed E-state index contributed by atoms with van der Waals surface area (Å²) >= 11 is 0. The van der Waals surface area contributed by atoms with Gasteiger partial charge >= 0.3 is 0 Å². The van der Waals surface area contributed by atoms with Gasteiger partial charge in [-0.05, 0) is 37.8 Å². The first-order valence-corrected chi connectivity index (χ1v) is 8.61. The molecule has 1 unspecified atom stereocenters. The predicted octanol–water partition coefficient (Wildman–Crippen LogP) is 3.28. The van der Waals surface area contributed by atoms with Crippen LogP contribution in [0.4, 0.5) is 11.5 Å². The second-order valence-corrected chi connectivity index (χ2v) is 6.54. The number of carbonyl (C=O) groups excluding carboxylic acids is 1. The first kappa shape index (κ1) is 17.2. The van der Waals surface area contributed by atoms with E-state index in [0.29, 0.717) is 28.9 Å². The third kappa shape index (κ3) is 4.26. The zero-order valence-electron chi connectivity index (χ0n) is 15.0. The summed E-state index contributed by atoms with van der Waals surface area (Å²) < 4.78 is 5.19. The number of methoxy groups -OCH3 is 1. The fourth-order valence-electron chi connectivity index (χ4n) is 3.12. The molecule has 1 aromatic carbocycles. The maximum atomic E-state index is 12.6. The summed E-state index contributed by atoms with van der Waals surface area (Å²) in [6.45, 7) is 6.00. The van der Waals surface area contributed by atoms with Gasteiger partial charge in [0.05, 0.1) is 7.11 Å². The molecule has 0 saturated carbocycles. The van der Waals surface area contributed by atoms with Gasteiger partial charge in [0.25, 0.3) is 5.91 Å². The number of hydrogen-bond acceptors (Lipinski definition) is 5. The average Bonchev–Trinajstić information content (AvgIpc) is 2.61. The van der Waals surface area contributed by atoms with E-state index in [-0.39, 0.29) is 5.91 Å². The lowest BCUT2D eigenvalue weighted by molar-refractivity contribution is 0.102. The number of carbonyl (C=O) groups is 1. The van der Waals surface area contributed by atoms with Crippen LogP contribution in [0.25, 0.3) is 0 Å². The highest BCUT2D eigenvalue weighted by atomic mass is 16.5. The van der Waals surface area contributed by atoms with Crippen LogP contribution < -0.4 is 15.0 Å². The van der Waals surface area contributed by atoms with E-state index in [0.717, 1.165) is 25.3 Å². The zero-order chi connectivity index (χ0) is 17.8. The summed E-state index contributed by atoms with van der Waals surface area (Å²) in [4.78, 5) is 23.7. The van der Waals surface area contributed by atoms with Gasteiger partial charge in [-0.25, -0.2) is 9.97 Å². The van der Waals surface area contributed by atoms with Crippen molar-refractivity contribution in [2.75, 3.05) is 30.4 Å². The molecule has 1 atom stereocenters. The molecule has 0 aliphatic carbocycles. The number of piperidine rings is 1. The van der Waals surface area contributed by atoms with Crippen molar-refractivity contribution in [3.8, 4) is 5.75 Å². The molecule has 25 heavy (non-hydrogen) atoms. The Kier molecular flexibility index (Phi) is 5.16. The van der Waals surface area contributed by atoms with Gasteiger partial charge in [0.15, 0.2) is 0 Å². The van der Waals surface area contributed by atoms with E-state index in [1.165, 1.54) is 6.42 Å². The Balaban J connectivity index is 1.80. The Bertz CT molecular complexity index is 763. The Labute approximate surface area is 148 Å². The Morgan fingerprint density at radius 3 is 2.92 bits per heavy atom. The molecular weight excluding hydrogens is 316 g/mol. The quantitative estimate of drug-likeness (QED) is 0.925. The molecule has 0 spiro atoms. The van der Waals surface area contributed by atoms with Crippen LogP contribution in [0, 0.1) is 12.8 Å². The van der Waals surface area contributed by atoms with Gasteiger partial charge in [0.1, 0.15) is 23.1 Å². The normalized spacial score (nSPS) is 17.2. The van der Waals surface area contributed by atoms with Crippen molar-refractivity contribution in [2.45, 2.75) is 26.7 Å². The molecule has 6 nitrogen and oxygen atoms in total. The van der Waals surface area contributed by atoms with Crippen molar-refractivity contribution >= 4 is 17.4 Å². The number of hydrogen-bond donors (Lipinski definition) is 1. The third-order valence-electron chi connectivity index (χ3n) is 4.37. The minimum Gasteiger partial charge on any atom is -0.497 e. The SMILES string of the molecule is COc1cccc(NC(=O)c2cc(N3CCCC(C)C3)nc(C)n2)c1. The van der Waals surface area contributed by atoms with E-state index in [4.69, 9.17) is 4.74 Å². The molecule has 0 radical (unpaired) electrons.